The molecule has 2 aromatic carbocycles. The first-order chi connectivity index (χ1) is 9.47. The predicted octanol–water partition coefficient (Wildman–Crippen LogP) is 5.10. The van der Waals surface area contributed by atoms with Gasteiger partial charge in [-0.05, 0) is 30.3 Å². The van der Waals surface area contributed by atoms with Crippen molar-refractivity contribution in [1.29, 1.82) is 0 Å². The van der Waals surface area contributed by atoms with Crippen molar-refractivity contribution >= 4 is 55.1 Å². The first kappa shape index (κ1) is 15.4. The predicted molar refractivity (Wildman–Crippen MR) is 87.3 cm³/mol. The number of carbonyl (C=O) groups is 1. The van der Waals surface area contributed by atoms with E-state index in [0.717, 1.165) is 8.95 Å². The van der Waals surface area contributed by atoms with Crippen LogP contribution in [0.3, 0.4) is 0 Å². The molecule has 3 nitrogen and oxygen atoms in total. The Morgan fingerprint density at radius 2 is 1.85 bits per heavy atom. The highest BCUT2D eigenvalue weighted by atomic mass is 79.9. The molecule has 2 rings (SSSR count). The summed E-state index contributed by atoms with van der Waals surface area (Å²) in [5, 5.41) is 12.8. The molecule has 0 aliphatic carbocycles. The van der Waals surface area contributed by atoms with Crippen molar-refractivity contribution in [3.8, 4) is 0 Å². The standard InChI is InChI=1S/C14H10Br2ClNO2/c15-8-2-1-3-10(6-8)18-13(14(19)20)11-5-4-9(16)7-12(11)17/h1-7,13,18H,(H,19,20). The van der Waals surface area contributed by atoms with Crippen LogP contribution in [0.15, 0.2) is 51.4 Å². The monoisotopic (exact) mass is 417 g/mol. The lowest BCUT2D eigenvalue weighted by Gasteiger charge is -2.17. The molecule has 104 valence electrons. The third kappa shape index (κ3) is 3.75. The highest BCUT2D eigenvalue weighted by molar-refractivity contribution is 9.10. The summed E-state index contributed by atoms with van der Waals surface area (Å²) in [7, 11) is 0. The van der Waals surface area contributed by atoms with Gasteiger partial charge in [-0.15, -0.1) is 0 Å². The second-order valence-corrected chi connectivity index (χ2v) is 6.33. The quantitative estimate of drug-likeness (QED) is 0.725. The molecule has 0 aromatic heterocycles. The van der Waals surface area contributed by atoms with E-state index in [1.807, 2.05) is 18.2 Å². The zero-order chi connectivity index (χ0) is 14.7. The molecule has 1 unspecified atom stereocenters. The van der Waals surface area contributed by atoms with Crippen molar-refractivity contribution in [3.05, 3.63) is 62.0 Å². The van der Waals surface area contributed by atoms with Crippen molar-refractivity contribution in [3.63, 3.8) is 0 Å². The molecule has 1 atom stereocenters. The molecule has 2 aromatic rings. The van der Waals surface area contributed by atoms with E-state index in [0.29, 0.717) is 16.3 Å². The number of hydrogen-bond donors (Lipinski definition) is 2. The van der Waals surface area contributed by atoms with E-state index in [2.05, 4.69) is 37.2 Å². The Hall–Kier alpha value is -1.04. The van der Waals surface area contributed by atoms with Crippen molar-refractivity contribution in [2.24, 2.45) is 0 Å². The highest BCUT2D eigenvalue weighted by Gasteiger charge is 2.22. The summed E-state index contributed by atoms with van der Waals surface area (Å²) in [6.07, 6.45) is 0. The first-order valence-electron chi connectivity index (χ1n) is 5.67. The maximum atomic E-state index is 11.5. The molecule has 0 saturated carbocycles. The van der Waals surface area contributed by atoms with Gasteiger partial charge in [0.25, 0.3) is 0 Å². The van der Waals surface area contributed by atoms with Gasteiger partial charge in [0.2, 0.25) is 0 Å². The molecule has 0 fully saturated rings. The van der Waals surface area contributed by atoms with Gasteiger partial charge < -0.3 is 10.4 Å². The highest BCUT2D eigenvalue weighted by Crippen LogP contribution is 2.29. The number of anilines is 1. The minimum atomic E-state index is -0.991. The lowest BCUT2D eigenvalue weighted by atomic mass is 10.1. The van der Waals surface area contributed by atoms with Crippen molar-refractivity contribution in [2.45, 2.75) is 6.04 Å². The summed E-state index contributed by atoms with van der Waals surface area (Å²) in [5.41, 5.74) is 1.22. The number of rotatable bonds is 4. The molecule has 0 heterocycles. The summed E-state index contributed by atoms with van der Waals surface area (Å²) in [4.78, 5) is 11.5. The molecule has 0 saturated heterocycles. The van der Waals surface area contributed by atoms with Gasteiger partial charge in [-0.2, -0.15) is 0 Å². The molecule has 0 bridgehead atoms. The fraction of sp³-hybridized carbons (Fsp3) is 0.0714. The van der Waals surface area contributed by atoms with Gasteiger partial charge in [0.05, 0.1) is 0 Å². The van der Waals surface area contributed by atoms with E-state index >= 15 is 0 Å². The third-order valence-corrected chi connectivity index (χ3v) is 3.97. The van der Waals surface area contributed by atoms with Crippen LogP contribution in [0.25, 0.3) is 0 Å². The number of hydrogen-bond acceptors (Lipinski definition) is 2. The molecule has 0 radical (unpaired) electrons. The third-order valence-electron chi connectivity index (χ3n) is 2.66. The van der Waals surface area contributed by atoms with Crippen LogP contribution in [-0.2, 0) is 4.79 Å². The molecule has 0 aliphatic heterocycles. The van der Waals surface area contributed by atoms with Crippen LogP contribution in [-0.4, -0.2) is 11.1 Å². The number of halogens is 3. The minimum Gasteiger partial charge on any atom is -0.479 e. The smallest absolute Gasteiger partial charge is 0.330 e. The van der Waals surface area contributed by atoms with Gasteiger partial charge in [-0.3, -0.25) is 0 Å². The van der Waals surface area contributed by atoms with Crippen molar-refractivity contribution < 1.29 is 9.90 Å². The lowest BCUT2D eigenvalue weighted by Crippen LogP contribution is -2.20. The molecular formula is C14H10Br2ClNO2. The van der Waals surface area contributed by atoms with Gasteiger partial charge in [0.1, 0.15) is 0 Å². The van der Waals surface area contributed by atoms with E-state index in [1.54, 1.807) is 24.3 Å². The van der Waals surface area contributed by atoms with Gasteiger partial charge >= 0.3 is 5.97 Å². The Morgan fingerprint density at radius 3 is 2.45 bits per heavy atom. The van der Waals surface area contributed by atoms with E-state index in [9.17, 15) is 9.90 Å². The zero-order valence-corrected chi connectivity index (χ0v) is 14.0. The normalized spacial score (nSPS) is 11.9. The Balaban J connectivity index is 2.34. The molecule has 2 N–H and O–H groups in total. The lowest BCUT2D eigenvalue weighted by molar-refractivity contribution is -0.138. The Kier molecular flexibility index (Phi) is 5.07. The summed E-state index contributed by atoms with van der Waals surface area (Å²) in [6.45, 7) is 0. The van der Waals surface area contributed by atoms with E-state index in [4.69, 9.17) is 11.6 Å². The van der Waals surface area contributed by atoms with Gasteiger partial charge in [-0.1, -0.05) is 55.6 Å². The Bertz CT molecular complexity index is 649. The number of nitrogens with one attached hydrogen (secondary N) is 1. The average Bonchev–Trinajstić information content (AvgIpc) is 2.36. The average molecular weight is 420 g/mol. The van der Waals surface area contributed by atoms with Crippen LogP contribution < -0.4 is 5.32 Å². The molecule has 0 spiro atoms. The fourth-order valence-corrected chi connectivity index (χ4v) is 2.93. The molecular weight excluding hydrogens is 409 g/mol. The van der Waals surface area contributed by atoms with Crippen LogP contribution in [0.1, 0.15) is 11.6 Å². The Labute approximate surface area is 138 Å². The van der Waals surface area contributed by atoms with Crippen LogP contribution in [0.4, 0.5) is 5.69 Å². The van der Waals surface area contributed by atoms with Crippen molar-refractivity contribution in [2.75, 3.05) is 5.32 Å². The van der Waals surface area contributed by atoms with Gasteiger partial charge in [0.15, 0.2) is 6.04 Å². The Morgan fingerprint density at radius 1 is 1.15 bits per heavy atom. The van der Waals surface area contributed by atoms with Crippen LogP contribution >= 0.6 is 43.5 Å². The van der Waals surface area contributed by atoms with Crippen LogP contribution in [0, 0.1) is 0 Å². The van der Waals surface area contributed by atoms with Crippen LogP contribution in [0.5, 0.6) is 0 Å². The topological polar surface area (TPSA) is 49.3 Å². The number of carboxylic acids is 1. The van der Waals surface area contributed by atoms with Gasteiger partial charge in [-0.25, -0.2) is 4.79 Å². The van der Waals surface area contributed by atoms with Crippen molar-refractivity contribution in [1.82, 2.24) is 0 Å². The maximum Gasteiger partial charge on any atom is 0.330 e. The molecule has 0 aliphatic rings. The zero-order valence-electron chi connectivity index (χ0n) is 10.1. The van der Waals surface area contributed by atoms with E-state index < -0.39 is 12.0 Å². The summed E-state index contributed by atoms with van der Waals surface area (Å²) in [5.74, 6) is -0.991. The first-order valence-corrected chi connectivity index (χ1v) is 7.63. The SMILES string of the molecule is O=C(O)C(Nc1cccc(Br)c1)c1ccc(Br)cc1Cl. The second-order valence-electron chi connectivity index (χ2n) is 4.09. The maximum absolute atomic E-state index is 11.5. The van der Waals surface area contributed by atoms with E-state index in [1.165, 1.54) is 0 Å². The molecule has 20 heavy (non-hydrogen) atoms. The van der Waals surface area contributed by atoms with E-state index in [-0.39, 0.29) is 0 Å². The largest absolute Gasteiger partial charge is 0.479 e. The molecule has 0 amide bonds. The van der Waals surface area contributed by atoms with Gasteiger partial charge in [0, 0.05) is 25.2 Å². The minimum absolute atomic E-state index is 0.397. The second kappa shape index (κ2) is 6.61. The summed E-state index contributed by atoms with van der Waals surface area (Å²) in [6, 6.07) is 11.5. The number of benzene rings is 2. The number of carboxylic acid groups (broad SMARTS) is 1. The number of aliphatic carboxylic acids is 1. The summed E-state index contributed by atoms with van der Waals surface area (Å²) < 4.78 is 1.67. The van der Waals surface area contributed by atoms with Crippen LogP contribution in [0.2, 0.25) is 5.02 Å². The fourth-order valence-electron chi connectivity index (χ4n) is 1.75. The molecule has 6 heteroatoms. The summed E-state index contributed by atoms with van der Waals surface area (Å²) >= 11 is 12.8.